The first-order valence-corrected chi connectivity index (χ1v) is 6.55. The van der Waals surface area contributed by atoms with Gasteiger partial charge in [-0.15, -0.1) is 0 Å². The zero-order valence-electron chi connectivity index (χ0n) is 9.81. The van der Waals surface area contributed by atoms with E-state index in [1.807, 2.05) is 17.8 Å². The third-order valence-corrected chi connectivity index (χ3v) is 3.95. The van der Waals surface area contributed by atoms with Crippen LogP contribution in [-0.4, -0.2) is 10.5 Å². The van der Waals surface area contributed by atoms with Crippen molar-refractivity contribution in [3.63, 3.8) is 0 Å². The van der Waals surface area contributed by atoms with Gasteiger partial charge in [-0.2, -0.15) is 11.8 Å². The Labute approximate surface area is 97.4 Å². The lowest BCUT2D eigenvalue weighted by molar-refractivity contribution is 0.654. The molecule has 0 aliphatic heterocycles. The van der Waals surface area contributed by atoms with Crippen molar-refractivity contribution in [1.29, 1.82) is 0 Å². The van der Waals surface area contributed by atoms with Crippen LogP contribution in [0.5, 0.6) is 0 Å². The molecule has 84 valence electrons. The lowest BCUT2D eigenvalue weighted by Gasteiger charge is -2.24. The fourth-order valence-electron chi connectivity index (χ4n) is 1.67. The van der Waals surface area contributed by atoms with Crippen LogP contribution in [-0.2, 0) is 0 Å². The van der Waals surface area contributed by atoms with Gasteiger partial charge in [0.2, 0.25) is 0 Å². The number of hydrogen-bond acceptors (Lipinski definition) is 2. The van der Waals surface area contributed by atoms with Crippen molar-refractivity contribution >= 4 is 11.8 Å². The molecule has 2 atom stereocenters. The molecule has 1 aromatic carbocycles. The van der Waals surface area contributed by atoms with Crippen molar-refractivity contribution in [3.8, 4) is 0 Å². The zero-order valence-corrected chi connectivity index (χ0v) is 10.6. The molecule has 0 spiro atoms. The van der Waals surface area contributed by atoms with Crippen LogP contribution in [0.25, 0.3) is 0 Å². The predicted molar refractivity (Wildman–Crippen MR) is 70.2 cm³/mol. The summed E-state index contributed by atoms with van der Waals surface area (Å²) in [4.78, 5) is 0. The van der Waals surface area contributed by atoms with Crippen LogP contribution in [0.15, 0.2) is 30.3 Å². The van der Waals surface area contributed by atoms with Crippen LogP contribution in [0.1, 0.15) is 38.8 Å². The minimum Gasteiger partial charge on any atom is -0.323 e. The van der Waals surface area contributed by atoms with E-state index in [0.29, 0.717) is 10.5 Å². The van der Waals surface area contributed by atoms with Crippen LogP contribution in [0.2, 0.25) is 0 Å². The third kappa shape index (κ3) is 3.88. The molecule has 0 radical (unpaired) electrons. The molecule has 0 amide bonds. The summed E-state index contributed by atoms with van der Waals surface area (Å²) in [6.45, 7) is 6.67. The van der Waals surface area contributed by atoms with Gasteiger partial charge in [0.15, 0.2) is 0 Å². The average molecular weight is 223 g/mol. The molecule has 1 nitrogen and oxygen atoms in total. The lowest BCUT2D eigenvalue weighted by atomic mass is 10.0. The molecule has 15 heavy (non-hydrogen) atoms. The van der Waals surface area contributed by atoms with Crippen LogP contribution in [0, 0.1) is 0 Å². The molecule has 0 heterocycles. The standard InChI is InChI=1S/C13H21NS/c1-4-12(15-10(2)3)13(14)11-8-6-5-7-9-11/h5-10,12-13H,4,14H2,1-3H3. The maximum atomic E-state index is 6.28. The monoisotopic (exact) mass is 223 g/mol. The van der Waals surface area contributed by atoms with Gasteiger partial charge in [-0.25, -0.2) is 0 Å². The first kappa shape index (κ1) is 12.6. The van der Waals surface area contributed by atoms with E-state index in [-0.39, 0.29) is 6.04 Å². The molecule has 0 bridgehead atoms. The highest BCUT2D eigenvalue weighted by Crippen LogP contribution is 2.29. The molecule has 2 N–H and O–H groups in total. The fourth-order valence-corrected chi connectivity index (χ4v) is 2.89. The van der Waals surface area contributed by atoms with Crippen LogP contribution < -0.4 is 5.73 Å². The van der Waals surface area contributed by atoms with Gasteiger partial charge in [0.25, 0.3) is 0 Å². The SMILES string of the molecule is CCC(SC(C)C)C(N)c1ccccc1. The maximum absolute atomic E-state index is 6.28. The van der Waals surface area contributed by atoms with Gasteiger partial charge in [-0.1, -0.05) is 51.1 Å². The topological polar surface area (TPSA) is 26.0 Å². The highest BCUT2D eigenvalue weighted by atomic mass is 32.2. The van der Waals surface area contributed by atoms with E-state index in [0.717, 1.165) is 6.42 Å². The Morgan fingerprint density at radius 3 is 2.27 bits per heavy atom. The predicted octanol–water partition coefficient (Wildman–Crippen LogP) is 3.61. The first-order valence-electron chi connectivity index (χ1n) is 5.61. The molecule has 1 aromatic rings. The second-order valence-electron chi connectivity index (χ2n) is 4.07. The Morgan fingerprint density at radius 2 is 1.80 bits per heavy atom. The van der Waals surface area contributed by atoms with Gasteiger partial charge < -0.3 is 5.73 Å². The van der Waals surface area contributed by atoms with E-state index in [1.165, 1.54) is 5.56 Å². The minimum absolute atomic E-state index is 0.156. The highest BCUT2D eigenvalue weighted by molar-refractivity contribution is 8.00. The van der Waals surface area contributed by atoms with Crippen LogP contribution in [0.4, 0.5) is 0 Å². The lowest BCUT2D eigenvalue weighted by Crippen LogP contribution is -2.24. The van der Waals surface area contributed by atoms with Crippen molar-refractivity contribution in [2.45, 2.75) is 43.7 Å². The number of benzene rings is 1. The second-order valence-corrected chi connectivity index (χ2v) is 5.89. The van der Waals surface area contributed by atoms with Gasteiger partial charge >= 0.3 is 0 Å². The Morgan fingerprint density at radius 1 is 1.20 bits per heavy atom. The van der Waals surface area contributed by atoms with Gasteiger partial charge in [0.05, 0.1) is 0 Å². The van der Waals surface area contributed by atoms with Gasteiger partial charge in [-0.3, -0.25) is 0 Å². The molecular weight excluding hydrogens is 202 g/mol. The molecule has 0 aromatic heterocycles. The van der Waals surface area contributed by atoms with Crippen molar-refractivity contribution < 1.29 is 0 Å². The first-order chi connectivity index (χ1) is 7.15. The zero-order chi connectivity index (χ0) is 11.3. The average Bonchev–Trinajstić information content (AvgIpc) is 2.26. The van der Waals surface area contributed by atoms with E-state index < -0.39 is 0 Å². The third-order valence-electron chi connectivity index (χ3n) is 2.43. The van der Waals surface area contributed by atoms with E-state index >= 15 is 0 Å². The van der Waals surface area contributed by atoms with Crippen molar-refractivity contribution in [2.24, 2.45) is 5.73 Å². The van der Waals surface area contributed by atoms with Gasteiger partial charge in [-0.05, 0) is 17.2 Å². The molecule has 0 saturated carbocycles. The van der Waals surface area contributed by atoms with E-state index in [4.69, 9.17) is 5.73 Å². The van der Waals surface area contributed by atoms with Gasteiger partial charge in [0.1, 0.15) is 0 Å². The molecule has 1 rings (SSSR count). The summed E-state index contributed by atoms with van der Waals surface area (Å²) >= 11 is 1.98. The molecular formula is C13H21NS. The highest BCUT2D eigenvalue weighted by Gasteiger charge is 2.18. The summed E-state index contributed by atoms with van der Waals surface area (Å²) in [6.07, 6.45) is 1.12. The number of hydrogen-bond donors (Lipinski definition) is 1. The van der Waals surface area contributed by atoms with E-state index in [9.17, 15) is 0 Å². The smallest absolute Gasteiger partial charge is 0.0415 e. The normalized spacial score (nSPS) is 15.3. The Hall–Kier alpha value is -0.470. The Kier molecular flexibility index (Phi) is 5.20. The summed E-state index contributed by atoms with van der Waals surface area (Å²) in [7, 11) is 0. The molecule has 2 unspecified atom stereocenters. The molecule has 0 fully saturated rings. The Balaban J connectivity index is 2.69. The molecule has 0 saturated heterocycles. The number of thioether (sulfide) groups is 1. The largest absolute Gasteiger partial charge is 0.323 e. The summed E-state index contributed by atoms with van der Waals surface area (Å²) in [5.74, 6) is 0. The van der Waals surface area contributed by atoms with Crippen molar-refractivity contribution in [1.82, 2.24) is 0 Å². The Bertz CT molecular complexity index is 271. The minimum atomic E-state index is 0.156. The second kappa shape index (κ2) is 6.19. The van der Waals surface area contributed by atoms with Crippen LogP contribution >= 0.6 is 11.8 Å². The maximum Gasteiger partial charge on any atom is 0.0415 e. The summed E-state index contributed by atoms with van der Waals surface area (Å²) in [6, 6.07) is 10.5. The van der Waals surface area contributed by atoms with Crippen molar-refractivity contribution in [3.05, 3.63) is 35.9 Å². The molecule has 2 heteroatoms. The number of rotatable bonds is 5. The molecule has 0 aliphatic carbocycles. The molecule has 0 aliphatic rings. The van der Waals surface area contributed by atoms with E-state index in [2.05, 4.69) is 45.0 Å². The van der Waals surface area contributed by atoms with Crippen molar-refractivity contribution in [2.75, 3.05) is 0 Å². The van der Waals surface area contributed by atoms with Gasteiger partial charge in [0, 0.05) is 11.3 Å². The number of nitrogens with two attached hydrogens (primary N) is 1. The summed E-state index contributed by atoms with van der Waals surface area (Å²) < 4.78 is 0. The van der Waals surface area contributed by atoms with E-state index in [1.54, 1.807) is 0 Å². The van der Waals surface area contributed by atoms with Crippen LogP contribution in [0.3, 0.4) is 0 Å². The fraction of sp³-hybridized carbons (Fsp3) is 0.538. The summed E-state index contributed by atoms with van der Waals surface area (Å²) in [5.41, 5.74) is 7.52. The summed E-state index contributed by atoms with van der Waals surface area (Å²) in [5, 5.41) is 1.16. The quantitative estimate of drug-likeness (QED) is 0.825.